The van der Waals surface area contributed by atoms with Crippen molar-refractivity contribution in [2.75, 3.05) is 0 Å². The summed E-state index contributed by atoms with van der Waals surface area (Å²) in [5.74, 6) is 0.849. The second-order valence-electron chi connectivity index (χ2n) is 4.53. The number of benzene rings is 1. The van der Waals surface area contributed by atoms with E-state index in [9.17, 15) is 0 Å². The van der Waals surface area contributed by atoms with Crippen LogP contribution in [-0.2, 0) is 13.1 Å². The molecule has 1 aromatic carbocycles. The first-order chi connectivity index (χ1) is 9.81. The molecule has 3 aromatic rings. The van der Waals surface area contributed by atoms with Crippen LogP contribution in [0.1, 0.15) is 16.5 Å². The monoisotopic (exact) mass is 285 g/mol. The second-order valence-corrected chi connectivity index (χ2v) is 5.47. The molecule has 2 aromatic heterocycles. The number of thiazole rings is 1. The second kappa shape index (κ2) is 5.98. The first kappa shape index (κ1) is 13.0. The van der Waals surface area contributed by atoms with E-state index in [1.165, 1.54) is 0 Å². The van der Waals surface area contributed by atoms with Crippen LogP contribution < -0.4 is 5.32 Å². The molecule has 4 nitrogen and oxygen atoms in total. The summed E-state index contributed by atoms with van der Waals surface area (Å²) in [6.07, 6.45) is 0. The van der Waals surface area contributed by atoms with Gasteiger partial charge in [-0.2, -0.15) is 0 Å². The van der Waals surface area contributed by atoms with Crippen molar-refractivity contribution in [1.29, 1.82) is 0 Å². The van der Waals surface area contributed by atoms with Gasteiger partial charge in [0.2, 0.25) is 0 Å². The fourth-order valence-electron chi connectivity index (χ4n) is 1.93. The van der Waals surface area contributed by atoms with Gasteiger partial charge in [-0.15, -0.1) is 11.3 Å². The highest BCUT2D eigenvalue weighted by molar-refractivity contribution is 7.09. The summed E-state index contributed by atoms with van der Waals surface area (Å²) >= 11 is 1.66. The number of rotatable bonds is 5. The minimum atomic E-state index is 0.668. The lowest BCUT2D eigenvalue weighted by molar-refractivity contribution is 0.369. The molecule has 5 heteroatoms. The van der Waals surface area contributed by atoms with Gasteiger partial charge in [-0.05, 0) is 6.92 Å². The zero-order chi connectivity index (χ0) is 13.8. The third-order valence-corrected chi connectivity index (χ3v) is 3.72. The number of nitrogens with one attached hydrogen (secondary N) is 1. The van der Waals surface area contributed by atoms with Gasteiger partial charge in [0.05, 0.1) is 17.9 Å². The maximum Gasteiger partial charge on any atom is 0.150 e. The van der Waals surface area contributed by atoms with Crippen LogP contribution >= 0.6 is 11.3 Å². The van der Waals surface area contributed by atoms with E-state index in [1.54, 1.807) is 11.3 Å². The molecule has 0 unspecified atom stereocenters. The minimum Gasteiger partial charge on any atom is -0.360 e. The molecule has 0 saturated heterocycles. The Bertz CT molecular complexity index is 675. The Morgan fingerprint density at radius 1 is 1.20 bits per heavy atom. The van der Waals surface area contributed by atoms with Gasteiger partial charge in [0, 0.05) is 23.6 Å². The van der Waals surface area contributed by atoms with Crippen LogP contribution in [0, 0.1) is 6.92 Å². The van der Waals surface area contributed by atoms with E-state index in [4.69, 9.17) is 4.52 Å². The van der Waals surface area contributed by atoms with E-state index in [0.29, 0.717) is 6.54 Å². The standard InChI is InChI=1S/C15H15N3OS/c1-11-7-13(19-18-11)8-16-9-15-17-14(10-20-15)12-5-3-2-4-6-12/h2-7,10,16H,8-9H2,1H3. The Morgan fingerprint density at radius 2 is 2.05 bits per heavy atom. The summed E-state index contributed by atoms with van der Waals surface area (Å²) in [6.45, 7) is 3.32. The highest BCUT2D eigenvalue weighted by atomic mass is 32.1. The Hall–Kier alpha value is -1.98. The van der Waals surface area contributed by atoms with Crippen LogP contribution in [0.3, 0.4) is 0 Å². The van der Waals surface area contributed by atoms with Gasteiger partial charge < -0.3 is 9.84 Å². The number of aromatic nitrogens is 2. The highest BCUT2D eigenvalue weighted by Crippen LogP contribution is 2.21. The molecule has 0 amide bonds. The third-order valence-electron chi connectivity index (χ3n) is 2.87. The van der Waals surface area contributed by atoms with Crippen molar-refractivity contribution in [1.82, 2.24) is 15.5 Å². The summed E-state index contributed by atoms with van der Waals surface area (Å²) in [6, 6.07) is 12.1. The van der Waals surface area contributed by atoms with Crippen LogP contribution in [0.25, 0.3) is 11.3 Å². The largest absolute Gasteiger partial charge is 0.360 e. The minimum absolute atomic E-state index is 0.668. The van der Waals surface area contributed by atoms with Crippen molar-refractivity contribution in [3.8, 4) is 11.3 Å². The Labute approximate surface area is 121 Å². The average Bonchev–Trinajstić information content (AvgIpc) is 3.09. The molecule has 0 aliphatic rings. The maximum atomic E-state index is 5.15. The molecule has 3 rings (SSSR count). The average molecular weight is 285 g/mol. The molecule has 0 atom stereocenters. The summed E-state index contributed by atoms with van der Waals surface area (Å²) in [5.41, 5.74) is 3.09. The lowest BCUT2D eigenvalue weighted by atomic mass is 10.2. The molecule has 0 spiro atoms. The highest BCUT2D eigenvalue weighted by Gasteiger charge is 2.05. The Kier molecular flexibility index (Phi) is 3.90. The fourth-order valence-corrected chi connectivity index (χ4v) is 2.70. The molecule has 0 radical (unpaired) electrons. The van der Waals surface area contributed by atoms with Gasteiger partial charge in [0.15, 0.2) is 5.76 Å². The van der Waals surface area contributed by atoms with E-state index in [-0.39, 0.29) is 0 Å². The number of hydrogen-bond acceptors (Lipinski definition) is 5. The smallest absolute Gasteiger partial charge is 0.150 e. The number of hydrogen-bond donors (Lipinski definition) is 1. The molecule has 20 heavy (non-hydrogen) atoms. The van der Waals surface area contributed by atoms with Gasteiger partial charge in [-0.1, -0.05) is 35.5 Å². The van der Waals surface area contributed by atoms with Crippen molar-refractivity contribution in [3.05, 3.63) is 58.2 Å². The van der Waals surface area contributed by atoms with Crippen LogP contribution in [0.2, 0.25) is 0 Å². The van der Waals surface area contributed by atoms with Gasteiger partial charge in [-0.3, -0.25) is 0 Å². The molecule has 0 aliphatic carbocycles. The first-order valence-electron chi connectivity index (χ1n) is 6.44. The number of aryl methyl sites for hydroxylation is 1. The van der Waals surface area contributed by atoms with Gasteiger partial charge in [-0.25, -0.2) is 4.98 Å². The van der Waals surface area contributed by atoms with Crippen molar-refractivity contribution < 1.29 is 4.52 Å². The summed E-state index contributed by atoms with van der Waals surface area (Å²) < 4.78 is 5.15. The molecule has 102 valence electrons. The van der Waals surface area contributed by atoms with Crippen molar-refractivity contribution >= 4 is 11.3 Å². The van der Waals surface area contributed by atoms with E-state index >= 15 is 0 Å². The molecule has 0 bridgehead atoms. The Balaban J connectivity index is 1.58. The quantitative estimate of drug-likeness (QED) is 0.780. The van der Waals surface area contributed by atoms with E-state index in [2.05, 4.69) is 33.0 Å². The van der Waals surface area contributed by atoms with Gasteiger partial charge >= 0.3 is 0 Å². The third kappa shape index (κ3) is 3.12. The van der Waals surface area contributed by atoms with Crippen LogP contribution in [-0.4, -0.2) is 10.1 Å². The zero-order valence-electron chi connectivity index (χ0n) is 11.2. The zero-order valence-corrected chi connectivity index (χ0v) is 12.0. The van der Waals surface area contributed by atoms with Crippen molar-refractivity contribution in [3.63, 3.8) is 0 Å². The lowest BCUT2D eigenvalue weighted by Crippen LogP contribution is -2.11. The molecule has 0 saturated carbocycles. The van der Waals surface area contributed by atoms with E-state index in [1.807, 2.05) is 31.2 Å². The van der Waals surface area contributed by atoms with E-state index < -0.39 is 0 Å². The predicted molar refractivity (Wildman–Crippen MR) is 79.3 cm³/mol. The van der Waals surface area contributed by atoms with E-state index in [0.717, 1.165) is 34.3 Å². The summed E-state index contributed by atoms with van der Waals surface area (Å²) in [5, 5.41) is 10.3. The van der Waals surface area contributed by atoms with Gasteiger partial charge in [0.1, 0.15) is 5.01 Å². The van der Waals surface area contributed by atoms with Crippen LogP contribution in [0.5, 0.6) is 0 Å². The number of nitrogens with zero attached hydrogens (tertiary/aromatic N) is 2. The maximum absolute atomic E-state index is 5.15. The van der Waals surface area contributed by atoms with Crippen molar-refractivity contribution in [2.45, 2.75) is 20.0 Å². The molecular weight excluding hydrogens is 270 g/mol. The topological polar surface area (TPSA) is 51.0 Å². The molecular formula is C15H15N3OS. The predicted octanol–water partition coefficient (Wildman–Crippen LogP) is 3.40. The Morgan fingerprint density at radius 3 is 2.80 bits per heavy atom. The molecule has 1 N–H and O–H groups in total. The fraction of sp³-hybridized carbons (Fsp3) is 0.200. The van der Waals surface area contributed by atoms with Crippen LogP contribution in [0.4, 0.5) is 0 Å². The van der Waals surface area contributed by atoms with Crippen LogP contribution in [0.15, 0.2) is 46.3 Å². The molecule has 2 heterocycles. The molecule has 0 aliphatic heterocycles. The molecule has 0 fully saturated rings. The normalized spacial score (nSPS) is 10.8. The van der Waals surface area contributed by atoms with Gasteiger partial charge in [0.25, 0.3) is 0 Å². The summed E-state index contributed by atoms with van der Waals surface area (Å²) in [7, 11) is 0. The summed E-state index contributed by atoms with van der Waals surface area (Å²) in [4.78, 5) is 4.63. The van der Waals surface area contributed by atoms with Crippen molar-refractivity contribution in [2.24, 2.45) is 0 Å². The SMILES string of the molecule is Cc1cc(CNCc2nc(-c3ccccc3)cs2)on1. The lowest BCUT2D eigenvalue weighted by Gasteiger charge is -1.98. The first-order valence-corrected chi connectivity index (χ1v) is 7.32.